The molecule has 4 aromatic rings. The fourth-order valence-corrected chi connectivity index (χ4v) is 3.60. The molecule has 0 saturated carbocycles. The maximum atomic E-state index is 13.2. The number of amides is 1. The summed E-state index contributed by atoms with van der Waals surface area (Å²) >= 11 is 0. The Labute approximate surface area is 169 Å². The summed E-state index contributed by atoms with van der Waals surface area (Å²) in [5.74, 6) is 0.674. The van der Waals surface area contributed by atoms with E-state index >= 15 is 0 Å². The Morgan fingerprint density at radius 1 is 1.07 bits per heavy atom. The third-order valence-electron chi connectivity index (χ3n) is 5.17. The molecule has 7 heteroatoms. The highest BCUT2D eigenvalue weighted by Crippen LogP contribution is 2.21. The minimum Gasteiger partial charge on any atom is -0.337 e. The van der Waals surface area contributed by atoms with Gasteiger partial charge in [0.2, 0.25) is 0 Å². The van der Waals surface area contributed by atoms with Crippen LogP contribution in [0.25, 0.3) is 11.5 Å². The van der Waals surface area contributed by atoms with Crippen molar-refractivity contribution in [1.82, 2.24) is 29.0 Å². The summed E-state index contributed by atoms with van der Waals surface area (Å²) < 4.78 is 5.54. The van der Waals surface area contributed by atoms with E-state index in [-0.39, 0.29) is 5.91 Å². The van der Waals surface area contributed by atoms with Crippen LogP contribution in [0.1, 0.15) is 27.3 Å². The minimum absolute atomic E-state index is 0.0759. The first kappa shape index (κ1) is 18.7. The second-order valence-electron chi connectivity index (χ2n) is 7.15. The van der Waals surface area contributed by atoms with E-state index < -0.39 is 0 Å². The van der Waals surface area contributed by atoms with Crippen molar-refractivity contribution in [2.75, 3.05) is 7.05 Å². The third-order valence-corrected chi connectivity index (χ3v) is 5.17. The van der Waals surface area contributed by atoms with Crippen molar-refractivity contribution in [3.05, 3.63) is 83.6 Å². The lowest BCUT2D eigenvalue weighted by atomic mass is 10.1. The van der Waals surface area contributed by atoms with Crippen LogP contribution in [-0.2, 0) is 13.6 Å². The van der Waals surface area contributed by atoms with Gasteiger partial charge in [0.25, 0.3) is 5.91 Å². The van der Waals surface area contributed by atoms with Crippen LogP contribution in [0.3, 0.4) is 0 Å². The van der Waals surface area contributed by atoms with Crippen LogP contribution < -0.4 is 0 Å². The number of carbonyl (C=O) groups excluding carboxylic acids is 1. The van der Waals surface area contributed by atoms with Gasteiger partial charge in [-0.3, -0.25) is 9.48 Å². The molecule has 148 valence electrons. The topological polar surface area (TPSA) is 60.9 Å². The Morgan fingerprint density at radius 2 is 1.76 bits per heavy atom. The molecule has 3 heterocycles. The van der Waals surface area contributed by atoms with Gasteiger partial charge in [0.1, 0.15) is 11.4 Å². The van der Waals surface area contributed by atoms with Crippen molar-refractivity contribution in [2.45, 2.75) is 20.4 Å². The summed E-state index contributed by atoms with van der Waals surface area (Å²) in [5.41, 5.74) is 4.58. The van der Waals surface area contributed by atoms with Gasteiger partial charge < -0.3 is 9.47 Å². The highest BCUT2D eigenvalue weighted by Gasteiger charge is 2.23. The predicted octanol–water partition coefficient (Wildman–Crippen LogP) is 3.29. The minimum atomic E-state index is -0.0759. The summed E-state index contributed by atoms with van der Waals surface area (Å²) in [6, 6.07) is 13.9. The maximum Gasteiger partial charge on any atom is 0.259 e. The zero-order chi connectivity index (χ0) is 20.5. The van der Waals surface area contributed by atoms with Crippen LogP contribution in [0.2, 0.25) is 0 Å². The van der Waals surface area contributed by atoms with Gasteiger partial charge in [-0.15, -0.1) is 0 Å². The number of benzene rings is 1. The molecule has 0 unspecified atom stereocenters. The van der Waals surface area contributed by atoms with E-state index in [1.807, 2.05) is 92.0 Å². The number of hydrogen-bond acceptors (Lipinski definition) is 3. The summed E-state index contributed by atoms with van der Waals surface area (Å²) in [7, 11) is 3.65. The number of nitrogens with zero attached hydrogens (tertiary/aromatic N) is 6. The van der Waals surface area contributed by atoms with Gasteiger partial charge >= 0.3 is 0 Å². The standard InChI is InChI=1S/C22H24N6O/c1-16-20(17(2)28(24-16)18-10-6-5-7-11-18)15-25(3)22(29)19-14-23-26(4)21(19)27-12-8-9-13-27/h5-14H,15H2,1-4H3. The number of aromatic nitrogens is 5. The molecule has 0 radical (unpaired) electrons. The van der Waals surface area contributed by atoms with E-state index in [0.717, 1.165) is 28.5 Å². The van der Waals surface area contributed by atoms with Crippen LogP contribution in [0.15, 0.2) is 61.1 Å². The van der Waals surface area contributed by atoms with Gasteiger partial charge in [0.15, 0.2) is 0 Å². The Bertz CT molecular complexity index is 1140. The van der Waals surface area contributed by atoms with E-state index in [1.165, 1.54) is 0 Å². The quantitative estimate of drug-likeness (QED) is 0.527. The monoisotopic (exact) mass is 388 g/mol. The highest BCUT2D eigenvalue weighted by molar-refractivity contribution is 5.97. The SMILES string of the molecule is Cc1nn(-c2ccccc2)c(C)c1CN(C)C(=O)c1cnn(C)c1-n1cccc1. The molecule has 7 nitrogen and oxygen atoms in total. The second kappa shape index (κ2) is 7.43. The van der Waals surface area contributed by atoms with Gasteiger partial charge in [-0.1, -0.05) is 18.2 Å². The summed E-state index contributed by atoms with van der Waals surface area (Å²) in [4.78, 5) is 14.9. The number of rotatable bonds is 5. The molecule has 0 N–H and O–H groups in total. The van der Waals surface area contributed by atoms with Gasteiger partial charge in [-0.25, -0.2) is 4.68 Å². The lowest BCUT2D eigenvalue weighted by molar-refractivity contribution is 0.0784. The molecule has 0 saturated heterocycles. The number of aryl methyl sites for hydroxylation is 2. The molecule has 0 fully saturated rings. The van der Waals surface area contributed by atoms with E-state index in [2.05, 4.69) is 10.2 Å². The van der Waals surface area contributed by atoms with Crippen molar-refractivity contribution in [3.63, 3.8) is 0 Å². The van der Waals surface area contributed by atoms with E-state index in [9.17, 15) is 4.79 Å². The first-order chi connectivity index (χ1) is 14.0. The third kappa shape index (κ3) is 3.35. The lowest BCUT2D eigenvalue weighted by Crippen LogP contribution is -2.27. The first-order valence-corrected chi connectivity index (χ1v) is 9.48. The first-order valence-electron chi connectivity index (χ1n) is 9.48. The van der Waals surface area contributed by atoms with Gasteiger partial charge in [0.05, 0.1) is 17.6 Å². The van der Waals surface area contributed by atoms with E-state index in [1.54, 1.807) is 15.8 Å². The van der Waals surface area contributed by atoms with Crippen LogP contribution in [0, 0.1) is 13.8 Å². The molecule has 0 aliphatic carbocycles. The van der Waals surface area contributed by atoms with Gasteiger partial charge in [-0.2, -0.15) is 10.2 Å². The van der Waals surface area contributed by atoms with Crippen molar-refractivity contribution in [2.24, 2.45) is 7.05 Å². The molecule has 0 aliphatic rings. The fourth-order valence-electron chi connectivity index (χ4n) is 3.60. The van der Waals surface area contributed by atoms with Crippen molar-refractivity contribution in [1.29, 1.82) is 0 Å². The van der Waals surface area contributed by atoms with Crippen molar-refractivity contribution in [3.8, 4) is 11.5 Å². The maximum absolute atomic E-state index is 13.2. The molecule has 29 heavy (non-hydrogen) atoms. The summed E-state index contributed by atoms with van der Waals surface area (Å²) in [6.45, 7) is 4.49. The average molecular weight is 388 g/mol. The zero-order valence-corrected chi connectivity index (χ0v) is 17.1. The summed E-state index contributed by atoms with van der Waals surface area (Å²) in [5, 5.41) is 8.98. The van der Waals surface area contributed by atoms with E-state index in [0.29, 0.717) is 12.1 Å². The molecule has 1 aromatic carbocycles. The number of carbonyl (C=O) groups is 1. The molecule has 0 atom stereocenters. The second-order valence-corrected chi connectivity index (χ2v) is 7.15. The number of para-hydroxylation sites is 1. The lowest BCUT2D eigenvalue weighted by Gasteiger charge is -2.18. The molecule has 0 spiro atoms. The molecular formula is C22H24N6O. The van der Waals surface area contributed by atoms with Crippen LogP contribution in [0.5, 0.6) is 0 Å². The Kier molecular flexibility index (Phi) is 4.80. The zero-order valence-electron chi connectivity index (χ0n) is 17.1. The Balaban J connectivity index is 1.62. The Hall–Kier alpha value is -3.61. The smallest absolute Gasteiger partial charge is 0.259 e. The molecule has 1 amide bonds. The number of hydrogen-bond donors (Lipinski definition) is 0. The largest absolute Gasteiger partial charge is 0.337 e. The highest BCUT2D eigenvalue weighted by atomic mass is 16.2. The van der Waals surface area contributed by atoms with Crippen molar-refractivity contribution >= 4 is 5.91 Å². The van der Waals surface area contributed by atoms with E-state index in [4.69, 9.17) is 0 Å². The summed E-state index contributed by atoms with van der Waals surface area (Å²) in [6.07, 6.45) is 5.44. The van der Waals surface area contributed by atoms with Gasteiger partial charge in [0, 0.05) is 44.3 Å². The van der Waals surface area contributed by atoms with Crippen LogP contribution in [-0.4, -0.2) is 42.0 Å². The molecule has 3 aromatic heterocycles. The average Bonchev–Trinajstić information content (AvgIpc) is 3.44. The molecule has 0 bridgehead atoms. The van der Waals surface area contributed by atoms with Crippen LogP contribution >= 0.6 is 0 Å². The fraction of sp³-hybridized carbons (Fsp3) is 0.227. The molecule has 4 rings (SSSR count). The molecular weight excluding hydrogens is 364 g/mol. The van der Waals surface area contributed by atoms with Crippen molar-refractivity contribution < 1.29 is 4.79 Å². The molecule has 0 aliphatic heterocycles. The van der Waals surface area contributed by atoms with Crippen LogP contribution in [0.4, 0.5) is 0 Å². The normalized spacial score (nSPS) is 11.0. The predicted molar refractivity (Wildman–Crippen MR) is 111 cm³/mol. The van der Waals surface area contributed by atoms with Gasteiger partial charge in [-0.05, 0) is 38.1 Å². The Morgan fingerprint density at radius 3 is 2.45 bits per heavy atom.